The molecule has 2 N–H and O–H groups in total. The number of nitrogens with zero attached hydrogens (tertiary/aromatic N) is 1. The molecule has 2 aliphatic rings. The molecule has 0 radical (unpaired) electrons. The molecule has 222 valence electrons. The van der Waals surface area contributed by atoms with Crippen LogP contribution in [-0.2, 0) is 32.7 Å². The summed E-state index contributed by atoms with van der Waals surface area (Å²) >= 11 is 6.00. The fraction of sp³-hybridized carbons (Fsp3) is 0.375. The first-order chi connectivity index (χ1) is 20.3. The van der Waals surface area contributed by atoms with Crippen LogP contribution in [0.1, 0.15) is 60.0 Å². The molecule has 1 aliphatic carbocycles. The lowest BCUT2D eigenvalue weighted by Crippen LogP contribution is -2.48. The molecule has 5 rings (SSSR count). The quantitative estimate of drug-likeness (QED) is 0.334. The van der Waals surface area contributed by atoms with Crippen LogP contribution in [0.4, 0.5) is 0 Å². The molecule has 3 atom stereocenters. The predicted molar refractivity (Wildman–Crippen MR) is 161 cm³/mol. The van der Waals surface area contributed by atoms with Crippen LogP contribution in [0.3, 0.4) is 0 Å². The largest absolute Gasteiger partial charge is 0.371 e. The first-order valence-corrected chi connectivity index (χ1v) is 16.2. The second kappa shape index (κ2) is 13.8. The molecule has 3 aromatic rings. The summed E-state index contributed by atoms with van der Waals surface area (Å²) in [7, 11) is -4.02. The van der Waals surface area contributed by atoms with Gasteiger partial charge in [-0.2, -0.15) is 4.31 Å². The van der Waals surface area contributed by atoms with Gasteiger partial charge in [0.15, 0.2) is 0 Å². The normalized spacial score (nSPS) is 21.1. The van der Waals surface area contributed by atoms with Crippen LogP contribution in [0.25, 0.3) is 0 Å². The number of amides is 2. The Morgan fingerprint density at radius 3 is 2.38 bits per heavy atom. The number of halogens is 1. The van der Waals surface area contributed by atoms with Crippen LogP contribution in [0.15, 0.2) is 83.8 Å². The first kappa shape index (κ1) is 30.2. The van der Waals surface area contributed by atoms with Gasteiger partial charge < -0.3 is 15.4 Å². The zero-order chi connectivity index (χ0) is 29.5. The molecule has 0 spiro atoms. The van der Waals surface area contributed by atoms with E-state index in [9.17, 15) is 18.0 Å². The van der Waals surface area contributed by atoms with E-state index >= 15 is 0 Å². The lowest BCUT2D eigenvalue weighted by atomic mass is 10.1. The Bertz CT molecular complexity index is 1470. The van der Waals surface area contributed by atoms with Gasteiger partial charge in [0.2, 0.25) is 15.9 Å². The standard InChI is InChI=1S/C32H36ClN3O5S/c33-26-16-18-27(19-17-26)42(39,40)36(29-10-4-5-20-34-32(29)38)21-23-12-14-25(15-13-23)31(37)35-28-9-6-11-30(28)41-22-24-7-2-1-3-8-24/h1-3,7-8,12-19,28-30H,4-6,9-11,20-22H2,(H,34,38)(H,35,37)/t28-,29-,30-/m1/s1. The van der Waals surface area contributed by atoms with Crippen molar-refractivity contribution < 1.29 is 22.7 Å². The highest BCUT2D eigenvalue weighted by molar-refractivity contribution is 7.89. The predicted octanol–water partition coefficient (Wildman–Crippen LogP) is 5.07. The van der Waals surface area contributed by atoms with Gasteiger partial charge in [0.05, 0.1) is 23.6 Å². The van der Waals surface area contributed by atoms with Crippen molar-refractivity contribution in [3.05, 3.63) is 101 Å². The van der Waals surface area contributed by atoms with E-state index in [-0.39, 0.29) is 35.4 Å². The van der Waals surface area contributed by atoms with E-state index in [1.54, 1.807) is 24.3 Å². The number of carbonyl (C=O) groups is 2. The van der Waals surface area contributed by atoms with Gasteiger partial charge in [0, 0.05) is 23.7 Å². The third-order valence-electron chi connectivity index (χ3n) is 7.90. The lowest BCUT2D eigenvalue weighted by molar-refractivity contribution is -0.124. The number of nitrogens with one attached hydrogen (secondary N) is 2. The van der Waals surface area contributed by atoms with Crippen molar-refractivity contribution in [2.75, 3.05) is 6.54 Å². The number of benzene rings is 3. The van der Waals surface area contributed by atoms with Crippen molar-refractivity contribution in [2.24, 2.45) is 0 Å². The molecule has 1 heterocycles. The second-order valence-electron chi connectivity index (χ2n) is 10.8. The molecule has 2 fully saturated rings. The zero-order valence-electron chi connectivity index (χ0n) is 23.4. The molecule has 2 amide bonds. The average molecular weight is 610 g/mol. The Morgan fingerprint density at radius 1 is 0.905 bits per heavy atom. The maximum Gasteiger partial charge on any atom is 0.251 e. The van der Waals surface area contributed by atoms with Crippen LogP contribution >= 0.6 is 11.6 Å². The number of hydrogen-bond acceptors (Lipinski definition) is 5. The molecule has 10 heteroatoms. The van der Waals surface area contributed by atoms with Crippen LogP contribution < -0.4 is 10.6 Å². The number of rotatable bonds is 10. The van der Waals surface area contributed by atoms with E-state index in [4.69, 9.17) is 16.3 Å². The average Bonchev–Trinajstić information content (AvgIpc) is 3.33. The molecular formula is C32H36ClN3O5S. The van der Waals surface area contributed by atoms with Gasteiger partial charge in [-0.25, -0.2) is 8.42 Å². The van der Waals surface area contributed by atoms with Gasteiger partial charge in [-0.15, -0.1) is 0 Å². The van der Waals surface area contributed by atoms with Crippen molar-refractivity contribution in [1.82, 2.24) is 14.9 Å². The summed E-state index contributed by atoms with van der Waals surface area (Å²) in [6.07, 6.45) is 4.62. The van der Waals surface area contributed by atoms with Gasteiger partial charge in [-0.1, -0.05) is 54.1 Å². The van der Waals surface area contributed by atoms with Gasteiger partial charge >= 0.3 is 0 Å². The number of ether oxygens (including phenoxy) is 1. The first-order valence-electron chi connectivity index (χ1n) is 14.4. The van der Waals surface area contributed by atoms with Crippen molar-refractivity contribution in [1.29, 1.82) is 0 Å². The highest BCUT2D eigenvalue weighted by Gasteiger charge is 2.36. The van der Waals surface area contributed by atoms with Gasteiger partial charge in [0.1, 0.15) is 6.04 Å². The van der Waals surface area contributed by atoms with Gasteiger partial charge in [0.25, 0.3) is 5.91 Å². The maximum atomic E-state index is 13.8. The van der Waals surface area contributed by atoms with Crippen LogP contribution in [0, 0.1) is 0 Å². The van der Waals surface area contributed by atoms with E-state index in [2.05, 4.69) is 10.6 Å². The van der Waals surface area contributed by atoms with E-state index < -0.39 is 16.1 Å². The summed E-state index contributed by atoms with van der Waals surface area (Å²) < 4.78 is 34.9. The summed E-state index contributed by atoms with van der Waals surface area (Å²) in [5.74, 6) is -0.503. The Labute approximate surface area is 252 Å². The third-order valence-corrected chi connectivity index (χ3v) is 10.0. The van der Waals surface area contributed by atoms with Crippen LogP contribution in [-0.4, -0.2) is 49.3 Å². The van der Waals surface area contributed by atoms with Gasteiger partial charge in [-0.3, -0.25) is 9.59 Å². The number of sulfonamides is 1. The topological polar surface area (TPSA) is 105 Å². The van der Waals surface area contributed by atoms with E-state index in [0.717, 1.165) is 37.7 Å². The molecule has 1 aliphatic heterocycles. The van der Waals surface area contributed by atoms with E-state index in [1.165, 1.54) is 28.6 Å². The monoisotopic (exact) mass is 609 g/mol. The molecule has 0 unspecified atom stereocenters. The zero-order valence-corrected chi connectivity index (χ0v) is 24.9. The Kier molecular flexibility index (Phi) is 9.95. The van der Waals surface area contributed by atoms with Crippen molar-refractivity contribution >= 4 is 33.4 Å². The van der Waals surface area contributed by atoms with Crippen LogP contribution in [0.5, 0.6) is 0 Å². The minimum Gasteiger partial charge on any atom is -0.371 e. The smallest absolute Gasteiger partial charge is 0.251 e. The lowest BCUT2D eigenvalue weighted by Gasteiger charge is -2.29. The maximum absolute atomic E-state index is 13.8. The molecular weight excluding hydrogens is 574 g/mol. The molecule has 8 nitrogen and oxygen atoms in total. The molecule has 1 saturated carbocycles. The van der Waals surface area contributed by atoms with Crippen molar-refractivity contribution in [3.8, 4) is 0 Å². The summed E-state index contributed by atoms with van der Waals surface area (Å²) in [6.45, 7) is 1.01. The Balaban J connectivity index is 1.28. The summed E-state index contributed by atoms with van der Waals surface area (Å²) in [5, 5.41) is 6.39. The second-order valence-corrected chi connectivity index (χ2v) is 13.2. The third kappa shape index (κ3) is 7.39. The fourth-order valence-corrected chi connectivity index (χ4v) is 7.30. The minimum absolute atomic E-state index is 0.0109. The summed E-state index contributed by atoms with van der Waals surface area (Å²) in [4.78, 5) is 26.1. The SMILES string of the molecule is O=C(N[C@@H]1CCC[C@H]1OCc1ccccc1)c1ccc(CN([C@@H]2CCCCNC2=O)S(=O)(=O)c2ccc(Cl)cc2)cc1. The molecule has 1 saturated heterocycles. The Hall–Kier alpha value is -3.24. The highest BCUT2D eigenvalue weighted by atomic mass is 35.5. The van der Waals surface area contributed by atoms with Crippen molar-refractivity contribution in [3.63, 3.8) is 0 Å². The minimum atomic E-state index is -4.02. The van der Waals surface area contributed by atoms with Gasteiger partial charge in [-0.05, 0) is 86.1 Å². The van der Waals surface area contributed by atoms with Crippen molar-refractivity contribution in [2.45, 2.75) is 74.8 Å². The summed E-state index contributed by atoms with van der Waals surface area (Å²) in [6, 6.07) is 21.9. The Morgan fingerprint density at radius 2 is 1.64 bits per heavy atom. The number of carbonyl (C=O) groups excluding carboxylic acids is 2. The molecule has 42 heavy (non-hydrogen) atoms. The van der Waals surface area contributed by atoms with E-state index in [1.807, 2.05) is 30.3 Å². The molecule has 3 aromatic carbocycles. The highest BCUT2D eigenvalue weighted by Crippen LogP contribution is 2.27. The number of hydrogen-bond donors (Lipinski definition) is 2. The fourth-order valence-electron chi connectivity index (χ4n) is 5.56. The molecule has 0 aromatic heterocycles. The molecule has 0 bridgehead atoms. The summed E-state index contributed by atoms with van der Waals surface area (Å²) in [5.41, 5.74) is 2.25. The van der Waals surface area contributed by atoms with E-state index in [0.29, 0.717) is 35.7 Å². The van der Waals surface area contributed by atoms with Crippen LogP contribution in [0.2, 0.25) is 5.02 Å².